The van der Waals surface area contributed by atoms with E-state index in [1.165, 1.54) is 0 Å². The van der Waals surface area contributed by atoms with Crippen LogP contribution in [0.5, 0.6) is 0 Å². The summed E-state index contributed by atoms with van der Waals surface area (Å²) in [7, 11) is 1.95. The number of unbranched alkanes of at least 4 members (excludes halogenated alkanes) is 1. The van der Waals surface area contributed by atoms with Gasteiger partial charge in [-0.1, -0.05) is 20.3 Å². The van der Waals surface area contributed by atoms with Crippen LogP contribution in [0.4, 0.5) is 0 Å². The van der Waals surface area contributed by atoms with Crippen LogP contribution in [0.1, 0.15) is 39.5 Å². The summed E-state index contributed by atoms with van der Waals surface area (Å²) in [5.41, 5.74) is 0. The highest BCUT2D eigenvalue weighted by Crippen LogP contribution is 2.31. The molecule has 1 aliphatic heterocycles. The molecule has 21 heavy (non-hydrogen) atoms. The molecule has 1 rings (SSSR count). The Morgan fingerprint density at radius 1 is 1.38 bits per heavy atom. The summed E-state index contributed by atoms with van der Waals surface area (Å²) in [6, 6.07) is 0.548. The SMILES string of the molecule is CNC1C(NC=O)CSC1CCCCC(=O)NCC(C)C. The number of nitrogens with one attached hydrogen (secondary N) is 3. The lowest BCUT2D eigenvalue weighted by atomic mass is 10.0. The monoisotopic (exact) mass is 315 g/mol. The van der Waals surface area contributed by atoms with E-state index in [2.05, 4.69) is 29.8 Å². The molecule has 0 bridgehead atoms. The summed E-state index contributed by atoms with van der Waals surface area (Å²) in [6.07, 6.45) is 4.48. The van der Waals surface area contributed by atoms with Gasteiger partial charge >= 0.3 is 0 Å². The van der Waals surface area contributed by atoms with Crippen molar-refractivity contribution in [2.24, 2.45) is 5.92 Å². The molecule has 0 aromatic carbocycles. The molecule has 1 heterocycles. The van der Waals surface area contributed by atoms with Crippen LogP contribution in [-0.2, 0) is 9.59 Å². The topological polar surface area (TPSA) is 70.2 Å². The number of likely N-dealkylation sites (N-methyl/N-ethyl adjacent to an activating group) is 1. The number of rotatable bonds is 10. The molecule has 3 unspecified atom stereocenters. The predicted octanol–water partition coefficient (Wildman–Crippen LogP) is 1.14. The third kappa shape index (κ3) is 6.70. The first-order chi connectivity index (χ1) is 10.1. The van der Waals surface area contributed by atoms with Gasteiger partial charge in [0.05, 0.1) is 6.04 Å². The minimum absolute atomic E-state index is 0.161. The summed E-state index contributed by atoms with van der Waals surface area (Å²) >= 11 is 1.91. The van der Waals surface area contributed by atoms with E-state index < -0.39 is 0 Å². The Morgan fingerprint density at radius 3 is 2.76 bits per heavy atom. The minimum Gasteiger partial charge on any atom is -0.356 e. The van der Waals surface area contributed by atoms with Crippen LogP contribution >= 0.6 is 11.8 Å². The van der Waals surface area contributed by atoms with E-state index in [9.17, 15) is 9.59 Å². The lowest BCUT2D eigenvalue weighted by molar-refractivity contribution is -0.121. The van der Waals surface area contributed by atoms with Gasteiger partial charge in [0.1, 0.15) is 0 Å². The average molecular weight is 315 g/mol. The van der Waals surface area contributed by atoms with E-state index in [0.29, 0.717) is 23.6 Å². The maximum atomic E-state index is 11.6. The van der Waals surface area contributed by atoms with Crippen LogP contribution in [0.25, 0.3) is 0 Å². The Kier molecular flexibility index (Phi) is 8.76. The fraction of sp³-hybridized carbons (Fsp3) is 0.867. The lowest BCUT2D eigenvalue weighted by Crippen LogP contribution is -2.48. The van der Waals surface area contributed by atoms with Crippen LogP contribution in [0.2, 0.25) is 0 Å². The zero-order valence-corrected chi connectivity index (χ0v) is 14.2. The maximum absolute atomic E-state index is 11.6. The molecule has 3 atom stereocenters. The van der Waals surface area contributed by atoms with Crippen LogP contribution < -0.4 is 16.0 Å². The third-order valence-corrected chi connectivity index (χ3v) is 5.30. The number of hydrogen-bond acceptors (Lipinski definition) is 4. The lowest BCUT2D eigenvalue weighted by Gasteiger charge is -2.22. The van der Waals surface area contributed by atoms with Crippen molar-refractivity contribution in [1.29, 1.82) is 0 Å². The van der Waals surface area contributed by atoms with E-state index in [1.54, 1.807) is 0 Å². The zero-order chi connectivity index (χ0) is 15.7. The number of carbonyl (C=O) groups is 2. The molecular weight excluding hydrogens is 286 g/mol. The molecule has 1 fully saturated rings. The summed E-state index contributed by atoms with van der Waals surface area (Å²) in [5.74, 6) is 1.62. The van der Waals surface area contributed by atoms with Gasteiger partial charge in [-0.3, -0.25) is 9.59 Å². The molecule has 0 aromatic heterocycles. The highest BCUT2D eigenvalue weighted by Gasteiger charge is 2.34. The zero-order valence-electron chi connectivity index (χ0n) is 13.4. The molecule has 6 heteroatoms. The summed E-state index contributed by atoms with van der Waals surface area (Å²) < 4.78 is 0. The fourth-order valence-corrected chi connectivity index (χ4v) is 4.24. The first-order valence-corrected chi connectivity index (χ1v) is 8.88. The van der Waals surface area contributed by atoms with E-state index in [-0.39, 0.29) is 11.9 Å². The second kappa shape index (κ2) is 10.1. The third-order valence-electron chi connectivity index (χ3n) is 3.79. The van der Waals surface area contributed by atoms with E-state index >= 15 is 0 Å². The normalized spacial score (nSPS) is 25.0. The molecule has 0 aromatic rings. The summed E-state index contributed by atoms with van der Waals surface area (Å²) in [6.45, 7) is 4.96. The second-order valence-electron chi connectivity index (χ2n) is 6.02. The predicted molar refractivity (Wildman–Crippen MR) is 88.4 cm³/mol. The van der Waals surface area contributed by atoms with Crippen molar-refractivity contribution < 1.29 is 9.59 Å². The smallest absolute Gasteiger partial charge is 0.220 e. The molecule has 122 valence electrons. The molecule has 0 spiro atoms. The van der Waals surface area contributed by atoms with Crippen LogP contribution in [0, 0.1) is 5.92 Å². The molecule has 0 radical (unpaired) electrons. The first kappa shape index (κ1) is 18.3. The van der Waals surface area contributed by atoms with Crippen molar-refractivity contribution >= 4 is 24.1 Å². The molecule has 1 saturated heterocycles. The Hall–Kier alpha value is -0.750. The molecule has 5 nitrogen and oxygen atoms in total. The highest BCUT2D eigenvalue weighted by molar-refractivity contribution is 8.00. The Morgan fingerprint density at radius 2 is 2.14 bits per heavy atom. The quantitative estimate of drug-likeness (QED) is 0.418. The molecule has 3 N–H and O–H groups in total. The van der Waals surface area contributed by atoms with Crippen molar-refractivity contribution in [3.05, 3.63) is 0 Å². The minimum atomic E-state index is 0.161. The van der Waals surface area contributed by atoms with Crippen LogP contribution in [0.15, 0.2) is 0 Å². The van der Waals surface area contributed by atoms with Gasteiger partial charge in [0.25, 0.3) is 0 Å². The summed E-state index contributed by atoms with van der Waals surface area (Å²) in [4.78, 5) is 22.2. The number of hydrogen-bond donors (Lipinski definition) is 3. The first-order valence-electron chi connectivity index (χ1n) is 7.83. The highest BCUT2D eigenvalue weighted by atomic mass is 32.2. The van der Waals surface area contributed by atoms with Gasteiger partial charge in [-0.2, -0.15) is 11.8 Å². The average Bonchev–Trinajstić information content (AvgIpc) is 2.83. The van der Waals surface area contributed by atoms with Gasteiger partial charge in [-0.05, 0) is 25.8 Å². The number of thioether (sulfide) groups is 1. The van der Waals surface area contributed by atoms with Gasteiger partial charge in [0, 0.05) is 30.0 Å². The van der Waals surface area contributed by atoms with Crippen LogP contribution in [0.3, 0.4) is 0 Å². The van der Waals surface area contributed by atoms with Gasteiger partial charge in [0.15, 0.2) is 0 Å². The molecule has 2 amide bonds. The van der Waals surface area contributed by atoms with Crippen molar-refractivity contribution in [3.8, 4) is 0 Å². The van der Waals surface area contributed by atoms with Gasteiger partial charge < -0.3 is 16.0 Å². The van der Waals surface area contributed by atoms with Crippen LogP contribution in [-0.4, -0.2) is 49.0 Å². The standard InChI is InChI=1S/C15H29N3O2S/c1-11(2)8-17-14(20)7-5-4-6-13-15(16-3)12(9-21-13)18-10-19/h10-13,15-16H,4-9H2,1-3H3,(H,17,20)(H,18,19). The maximum Gasteiger partial charge on any atom is 0.220 e. The largest absolute Gasteiger partial charge is 0.356 e. The number of carbonyl (C=O) groups excluding carboxylic acids is 2. The van der Waals surface area contributed by atoms with Crippen molar-refractivity contribution in [2.45, 2.75) is 56.9 Å². The van der Waals surface area contributed by atoms with Crippen molar-refractivity contribution in [1.82, 2.24) is 16.0 Å². The van der Waals surface area contributed by atoms with Gasteiger partial charge in [-0.15, -0.1) is 0 Å². The van der Waals surface area contributed by atoms with Crippen molar-refractivity contribution in [3.63, 3.8) is 0 Å². The van der Waals surface area contributed by atoms with E-state index in [4.69, 9.17) is 0 Å². The second-order valence-corrected chi connectivity index (χ2v) is 7.29. The summed E-state index contributed by atoms with van der Waals surface area (Å²) in [5, 5.41) is 9.66. The molecule has 0 saturated carbocycles. The van der Waals surface area contributed by atoms with E-state index in [1.807, 2.05) is 18.8 Å². The Labute approximate surface area is 132 Å². The molecule has 0 aliphatic carbocycles. The Balaban J connectivity index is 2.17. The fourth-order valence-electron chi connectivity index (χ4n) is 2.62. The molecule has 1 aliphatic rings. The van der Waals surface area contributed by atoms with E-state index in [0.717, 1.165) is 38.0 Å². The molecular formula is C15H29N3O2S. The van der Waals surface area contributed by atoms with Gasteiger partial charge in [0.2, 0.25) is 12.3 Å². The Bertz CT molecular complexity index is 326. The number of amides is 2. The van der Waals surface area contributed by atoms with Crippen molar-refractivity contribution in [2.75, 3.05) is 19.3 Å². The van der Waals surface area contributed by atoms with Gasteiger partial charge in [-0.25, -0.2) is 0 Å².